The number of nitrogens with zero attached hydrogens (tertiary/aromatic N) is 1. The summed E-state index contributed by atoms with van der Waals surface area (Å²) in [4.78, 5) is 10.2. The smallest absolute Gasteiger partial charge is 0.296 e. The Morgan fingerprint density at radius 1 is 1.17 bits per heavy atom. The van der Waals surface area contributed by atoms with Gasteiger partial charge in [0.2, 0.25) is 9.84 Å². The van der Waals surface area contributed by atoms with Crippen LogP contribution in [0.15, 0.2) is 23.1 Å². The van der Waals surface area contributed by atoms with Gasteiger partial charge in [-0.1, -0.05) is 54.1 Å². The van der Waals surface area contributed by atoms with Crippen LogP contribution in [0.4, 0.5) is 11.4 Å². The number of nitro benzene ring substituents is 1. The Morgan fingerprint density at radius 2 is 1.78 bits per heavy atom. The van der Waals surface area contributed by atoms with Gasteiger partial charge in [0.1, 0.15) is 5.69 Å². The third-order valence-electron chi connectivity index (χ3n) is 3.75. The van der Waals surface area contributed by atoms with Crippen LogP contribution in [0.1, 0.15) is 32.1 Å². The van der Waals surface area contributed by atoms with E-state index in [4.69, 9.17) is 34.8 Å². The van der Waals surface area contributed by atoms with Crippen LogP contribution in [-0.4, -0.2) is 22.5 Å². The maximum atomic E-state index is 12.1. The Labute approximate surface area is 149 Å². The van der Waals surface area contributed by atoms with Gasteiger partial charge in [-0.05, 0) is 25.0 Å². The fourth-order valence-electron chi connectivity index (χ4n) is 2.55. The lowest BCUT2D eigenvalue weighted by atomic mass is 9.95. The molecule has 0 heterocycles. The van der Waals surface area contributed by atoms with Crippen LogP contribution in [-0.2, 0) is 9.84 Å². The molecule has 0 atom stereocenters. The Kier molecular flexibility index (Phi) is 5.66. The van der Waals surface area contributed by atoms with Gasteiger partial charge >= 0.3 is 0 Å². The van der Waals surface area contributed by atoms with Gasteiger partial charge in [0.15, 0.2) is 0 Å². The lowest BCUT2D eigenvalue weighted by Crippen LogP contribution is -2.23. The molecule has 0 amide bonds. The zero-order valence-electron chi connectivity index (χ0n) is 12.0. The van der Waals surface area contributed by atoms with Crippen molar-refractivity contribution >= 4 is 56.0 Å². The van der Waals surface area contributed by atoms with Crippen LogP contribution in [0.2, 0.25) is 0 Å². The Balaban J connectivity index is 2.37. The van der Waals surface area contributed by atoms with Gasteiger partial charge in [0, 0.05) is 12.1 Å². The minimum absolute atomic E-state index is 0.137. The zero-order chi connectivity index (χ0) is 17.3. The number of alkyl halides is 3. The van der Waals surface area contributed by atoms with Crippen LogP contribution in [0.3, 0.4) is 0 Å². The van der Waals surface area contributed by atoms with Crippen molar-refractivity contribution in [3.63, 3.8) is 0 Å². The maximum absolute atomic E-state index is 12.1. The van der Waals surface area contributed by atoms with Crippen molar-refractivity contribution in [1.82, 2.24) is 0 Å². The highest BCUT2D eigenvalue weighted by Crippen LogP contribution is 2.40. The molecular weight excluding hydrogens is 387 g/mol. The van der Waals surface area contributed by atoms with E-state index in [0.29, 0.717) is 0 Å². The van der Waals surface area contributed by atoms with Gasteiger partial charge < -0.3 is 5.32 Å². The summed E-state index contributed by atoms with van der Waals surface area (Å²) in [6.45, 7) is 0. The molecule has 0 spiro atoms. The van der Waals surface area contributed by atoms with Gasteiger partial charge in [-0.3, -0.25) is 10.1 Å². The molecule has 1 aliphatic rings. The summed E-state index contributed by atoms with van der Waals surface area (Å²) in [5, 5.41) is 14.4. The van der Waals surface area contributed by atoms with E-state index in [1.165, 1.54) is 12.1 Å². The number of sulfone groups is 1. The van der Waals surface area contributed by atoms with E-state index in [1.54, 1.807) is 0 Å². The third kappa shape index (κ3) is 4.21. The average Bonchev–Trinajstić information content (AvgIpc) is 2.47. The van der Waals surface area contributed by atoms with Crippen molar-refractivity contribution in [2.24, 2.45) is 0 Å². The van der Waals surface area contributed by atoms with Gasteiger partial charge in [-0.2, -0.15) is 0 Å². The lowest BCUT2D eigenvalue weighted by Gasteiger charge is -2.23. The first-order chi connectivity index (χ1) is 10.6. The van der Waals surface area contributed by atoms with E-state index in [2.05, 4.69) is 5.32 Å². The van der Waals surface area contributed by atoms with E-state index in [9.17, 15) is 18.5 Å². The summed E-state index contributed by atoms with van der Waals surface area (Å²) in [6.07, 6.45) is 5.12. The molecule has 1 aromatic carbocycles. The highest BCUT2D eigenvalue weighted by molar-refractivity contribution is 7.97. The van der Waals surface area contributed by atoms with Crippen molar-refractivity contribution in [1.29, 1.82) is 0 Å². The Morgan fingerprint density at radius 3 is 2.30 bits per heavy atom. The van der Waals surface area contributed by atoms with Gasteiger partial charge in [0.25, 0.3) is 8.81 Å². The summed E-state index contributed by atoms with van der Waals surface area (Å²) in [5.41, 5.74) is -0.0870. The molecule has 128 valence electrons. The maximum Gasteiger partial charge on any atom is 0.296 e. The van der Waals surface area contributed by atoms with E-state index in [0.717, 1.165) is 38.2 Å². The Hall–Kier alpha value is -0.760. The van der Waals surface area contributed by atoms with Crippen LogP contribution < -0.4 is 5.32 Å². The van der Waals surface area contributed by atoms with E-state index < -0.39 is 22.8 Å². The van der Waals surface area contributed by atoms with Crippen molar-refractivity contribution in [2.75, 3.05) is 5.32 Å². The minimum atomic E-state index is -4.32. The van der Waals surface area contributed by atoms with Crippen LogP contribution in [0.25, 0.3) is 0 Å². The third-order valence-corrected chi connectivity index (χ3v) is 7.06. The van der Waals surface area contributed by atoms with Gasteiger partial charge in [0.05, 0.1) is 9.82 Å². The summed E-state index contributed by atoms with van der Waals surface area (Å²) in [5.74, 6) is 0. The first kappa shape index (κ1) is 18.6. The molecule has 23 heavy (non-hydrogen) atoms. The SMILES string of the molecule is O=[N+]([O-])c1cc(S(=O)(=O)C(Cl)(Cl)Cl)ccc1NC1CCCCC1. The monoisotopic (exact) mass is 400 g/mol. The standard InChI is InChI=1S/C13H15Cl3N2O4S/c14-13(15,16)23(21,22)10-6-7-11(12(8-10)18(19)20)17-9-4-2-1-3-5-9/h6-9,17H,1-5H2. The van der Waals surface area contributed by atoms with Crippen molar-refractivity contribution in [2.45, 2.75) is 46.2 Å². The molecule has 0 aromatic heterocycles. The second-order valence-corrected chi connectivity index (χ2v) is 10.4. The molecule has 2 rings (SSSR count). The lowest BCUT2D eigenvalue weighted by molar-refractivity contribution is -0.384. The molecule has 1 N–H and O–H groups in total. The molecule has 0 aliphatic heterocycles. The molecule has 1 fully saturated rings. The molecule has 0 radical (unpaired) electrons. The van der Waals surface area contributed by atoms with E-state index >= 15 is 0 Å². The zero-order valence-corrected chi connectivity index (χ0v) is 15.1. The highest BCUT2D eigenvalue weighted by Gasteiger charge is 2.40. The molecule has 0 saturated heterocycles. The number of hydrogen-bond donors (Lipinski definition) is 1. The number of nitro groups is 1. The molecule has 1 aromatic rings. The predicted molar refractivity (Wildman–Crippen MR) is 91.1 cm³/mol. The number of anilines is 1. The fourth-order valence-corrected chi connectivity index (χ4v) is 4.14. The second-order valence-electron chi connectivity index (χ2n) is 5.36. The highest BCUT2D eigenvalue weighted by atomic mass is 35.6. The Bertz CT molecular complexity index is 698. The largest absolute Gasteiger partial charge is 0.377 e. The van der Waals surface area contributed by atoms with Gasteiger partial charge in [-0.15, -0.1) is 0 Å². The molecule has 0 unspecified atom stereocenters. The summed E-state index contributed by atoms with van der Waals surface area (Å²) in [6, 6.07) is 3.60. The predicted octanol–water partition coefficient (Wildman–Crippen LogP) is 4.44. The number of halogens is 3. The van der Waals surface area contributed by atoms with Crippen LogP contribution in [0, 0.1) is 10.1 Å². The molecule has 1 saturated carbocycles. The van der Waals surface area contributed by atoms with Crippen molar-refractivity contribution < 1.29 is 13.3 Å². The number of nitrogens with one attached hydrogen (secondary N) is 1. The van der Waals surface area contributed by atoms with Crippen molar-refractivity contribution in [3.8, 4) is 0 Å². The normalized spacial score (nSPS) is 17.0. The first-order valence-corrected chi connectivity index (χ1v) is 9.61. The topological polar surface area (TPSA) is 89.3 Å². The molecule has 0 bridgehead atoms. The van der Waals surface area contributed by atoms with Crippen LogP contribution >= 0.6 is 34.8 Å². The second kappa shape index (κ2) is 7.01. The molecule has 6 nitrogen and oxygen atoms in total. The van der Waals surface area contributed by atoms with Crippen LogP contribution in [0.5, 0.6) is 0 Å². The molecule has 10 heteroatoms. The summed E-state index contributed by atoms with van der Waals surface area (Å²) in [7, 11) is -4.32. The minimum Gasteiger partial charge on any atom is -0.377 e. The average molecular weight is 402 g/mol. The van der Waals surface area contributed by atoms with E-state index in [-0.39, 0.29) is 17.4 Å². The van der Waals surface area contributed by atoms with Gasteiger partial charge in [-0.25, -0.2) is 8.42 Å². The quantitative estimate of drug-likeness (QED) is 0.457. The summed E-state index contributed by atoms with van der Waals surface area (Å²) >= 11 is 16.3. The van der Waals surface area contributed by atoms with E-state index in [1.807, 2.05) is 0 Å². The summed E-state index contributed by atoms with van der Waals surface area (Å²) < 4.78 is 21.6. The molecular formula is C13H15Cl3N2O4S. The first-order valence-electron chi connectivity index (χ1n) is 6.99. The van der Waals surface area contributed by atoms with Crippen molar-refractivity contribution in [3.05, 3.63) is 28.3 Å². The number of hydrogen-bond acceptors (Lipinski definition) is 5. The molecule has 1 aliphatic carbocycles. The number of rotatable bonds is 4. The number of benzene rings is 1. The fraction of sp³-hybridized carbons (Fsp3) is 0.538.